The standard InChI is InChI=1S/C31H25N3O2/c1-3-26(22-10-7-9-21(17-22)24-11-8-16-32-19-24)31(23-14-15-28-25(18-23)20-33-34-28)27-12-5-6-13-29(27)36-30(35)4-2/h4-20H,2-3H2,1H3,(H,33,34)/b31-26+. The molecular formula is C31H25N3O2. The van der Waals surface area contributed by atoms with Crippen LogP contribution in [0.4, 0.5) is 0 Å². The van der Waals surface area contributed by atoms with Crippen molar-refractivity contribution in [2.24, 2.45) is 0 Å². The molecule has 176 valence electrons. The maximum absolute atomic E-state index is 12.2. The summed E-state index contributed by atoms with van der Waals surface area (Å²) in [7, 11) is 0. The van der Waals surface area contributed by atoms with Crippen molar-refractivity contribution in [1.82, 2.24) is 15.2 Å². The first-order chi connectivity index (χ1) is 17.7. The molecule has 0 spiro atoms. The predicted molar refractivity (Wildman–Crippen MR) is 144 cm³/mol. The lowest BCUT2D eigenvalue weighted by Crippen LogP contribution is -2.06. The Balaban J connectivity index is 1.77. The maximum atomic E-state index is 12.2. The summed E-state index contributed by atoms with van der Waals surface area (Å²) in [6.45, 7) is 5.69. The summed E-state index contributed by atoms with van der Waals surface area (Å²) in [5.41, 5.74) is 8.15. The second-order valence-electron chi connectivity index (χ2n) is 8.32. The van der Waals surface area contributed by atoms with Crippen LogP contribution in [-0.2, 0) is 4.79 Å². The van der Waals surface area contributed by atoms with Crippen LogP contribution >= 0.6 is 0 Å². The Labute approximate surface area is 209 Å². The number of allylic oxidation sites excluding steroid dienone is 1. The van der Waals surface area contributed by atoms with E-state index in [9.17, 15) is 4.79 Å². The Kier molecular flexibility index (Phi) is 6.54. The first-order valence-corrected chi connectivity index (χ1v) is 11.8. The Hall–Kier alpha value is -4.77. The number of rotatable bonds is 7. The highest BCUT2D eigenvalue weighted by Crippen LogP contribution is 2.40. The van der Waals surface area contributed by atoms with E-state index in [-0.39, 0.29) is 0 Å². The van der Waals surface area contributed by atoms with Gasteiger partial charge in [-0.3, -0.25) is 10.1 Å². The highest BCUT2D eigenvalue weighted by atomic mass is 16.5. The summed E-state index contributed by atoms with van der Waals surface area (Å²) in [4.78, 5) is 16.4. The van der Waals surface area contributed by atoms with Gasteiger partial charge in [-0.1, -0.05) is 62.0 Å². The van der Waals surface area contributed by atoms with Crippen LogP contribution in [-0.4, -0.2) is 21.2 Å². The maximum Gasteiger partial charge on any atom is 0.335 e. The lowest BCUT2D eigenvalue weighted by atomic mass is 9.86. The number of H-pyrrole nitrogens is 1. The fourth-order valence-corrected chi connectivity index (χ4v) is 4.45. The van der Waals surface area contributed by atoms with Gasteiger partial charge in [0.2, 0.25) is 0 Å². The number of aromatic amines is 1. The van der Waals surface area contributed by atoms with Crippen molar-refractivity contribution < 1.29 is 9.53 Å². The molecule has 0 aliphatic heterocycles. The minimum absolute atomic E-state index is 0.485. The van der Waals surface area contributed by atoms with Gasteiger partial charge in [0.05, 0.1) is 11.7 Å². The predicted octanol–water partition coefficient (Wildman–Crippen LogP) is 7.09. The van der Waals surface area contributed by atoms with Gasteiger partial charge >= 0.3 is 5.97 Å². The van der Waals surface area contributed by atoms with Crippen molar-refractivity contribution in [3.05, 3.63) is 127 Å². The van der Waals surface area contributed by atoms with Gasteiger partial charge in [0.15, 0.2) is 0 Å². The Morgan fingerprint density at radius 3 is 2.61 bits per heavy atom. The van der Waals surface area contributed by atoms with E-state index < -0.39 is 5.97 Å². The van der Waals surface area contributed by atoms with Crippen LogP contribution in [0, 0.1) is 0 Å². The highest BCUT2D eigenvalue weighted by molar-refractivity contribution is 6.02. The lowest BCUT2D eigenvalue weighted by Gasteiger charge is -2.19. The molecule has 0 fully saturated rings. The van der Waals surface area contributed by atoms with Crippen LogP contribution in [0.1, 0.15) is 30.0 Å². The SMILES string of the molecule is C=CC(=O)Oc1ccccc1/C(=C(\CC)c1cccc(-c2cccnc2)c1)c1ccc2[nH]ncc2c1. The molecule has 5 heteroatoms. The first kappa shape index (κ1) is 23.0. The molecule has 0 saturated carbocycles. The largest absolute Gasteiger partial charge is 0.423 e. The summed E-state index contributed by atoms with van der Waals surface area (Å²) in [6, 6.07) is 26.3. The zero-order chi connectivity index (χ0) is 24.9. The first-order valence-electron chi connectivity index (χ1n) is 11.8. The molecule has 5 nitrogen and oxygen atoms in total. The van der Waals surface area contributed by atoms with Crippen molar-refractivity contribution in [2.45, 2.75) is 13.3 Å². The monoisotopic (exact) mass is 471 g/mol. The molecule has 0 bridgehead atoms. The van der Waals surface area contributed by atoms with Gasteiger partial charge in [0, 0.05) is 35.0 Å². The molecule has 5 aromatic rings. The van der Waals surface area contributed by atoms with Gasteiger partial charge in [-0.15, -0.1) is 0 Å². The molecule has 2 heterocycles. The molecular weight excluding hydrogens is 446 g/mol. The van der Waals surface area contributed by atoms with E-state index >= 15 is 0 Å². The van der Waals surface area contributed by atoms with Crippen LogP contribution in [0.3, 0.4) is 0 Å². The third kappa shape index (κ3) is 4.59. The topological polar surface area (TPSA) is 67.9 Å². The average Bonchev–Trinajstić information content (AvgIpc) is 3.41. The quantitative estimate of drug-likeness (QED) is 0.119. The van der Waals surface area contributed by atoms with Crippen LogP contribution < -0.4 is 4.74 Å². The second-order valence-corrected chi connectivity index (χ2v) is 8.32. The van der Waals surface area contributed by atoms with E-state index in [2.05, 4.69) is 71.1 Å². The van der Waals surface area contributed by atoms with Gasteiger partial charge in [-0.05, 0) is 64.6 Å². The van der Waals surface area contributed by atoms with E-state index in [1.54, 1.807) is 6.20 Å². The Morgan fingerprint density at radius 2 is 1.81 bits per heavy atom. The minimum Gasteiger partial charge on any atom is -0.423 e. The van der Waals surface area contributed by atoms with Crippen molar-refractivity contribution in [3.8, 4) is 16.9 Å². The van der Waals surface area contributed by atoms with Crippen LogP contribution in [0.5, 0.6) is 5.75 Å². The van der Waals surface area contributed by atoms with Crippen LogP contribution in [0.2, 0.25) is 0 Å². The summed E-state index contributed by atoms with van der Waals surface area (Å²) in [5.74, 6) is -0.0113. The van der Waals surface area contributed by atoms with Gasteiger partial charge in [0.1, 0.15) is 5.75 Å². The molecule has 0 amide bonds. The molecule has 5 rings (SSSR count). The zero-order valence-electron chi connectivity index (χ0n) is 19.9. The summed E-state index contributed by atoms with van der Waals surface area (Å²) >= 11 is 0. The molecule has 1 N–H and O–H groups in total. The van der Waals surface area contributed by atoms with Crippen molar-refractivity contribution >= 4 is 28.0 Å². The molecule has 0 atom stereocenters. The number of esters is 1. The Morgan fingerprint density at radius 1 is 0.944 bits per heavy atom. The average molecular weight is 472 g/mol. The van der Waals surface area contributed by atoms with Gasteiger partial charge in [-0.2, -0.15) is 5.10 Å². The highest BCUT2D eigenvalue weighted by Gasteiger charge is 2.19. The van der Waals surface area contributed by atoms with E-state index in [0.29, 0.717) is 5.75 Å². The van der Waals surface area contributed by atoms with Crippen LogP contribution in [0.25, 0.3) is 33.2 Å². The molecule has 2 aromatic heterocycles. The number of nitrogens with one attached hydrogen (secondary N) is 1. The van der Waals surface area contributed by atoms with Gasteiger partial charge < -0.3 is 4.74 Å². The number of carbonyl (C=O) groups excluding carboxylic acids is 1. The number of hydrogen-bond donors (Lipinski definition) is 1. The summed E-state index contributed by atoms with van der Waals surface area (Å²) in [6.07, 6.45) is 7.39. The molecule has 0 aliphatic rings. The van der Waals surface area contributed by atoms with Crippen molar-refractivity contribution in [2.75, 3.05) is 0 Å². The number of carbonyl (C=O) groups is 1. The number of pyridine rings is 1. The fourth-order valence-electron chi connectivity index (χ4n) is 4.45. The number of fused-ring (bicyclic) bond motifs is 1. The van der Waals surface area contributed by atoms with E-state index in [4.69, 9.17) is 4.74 Å². The number of ether oxygens (including phenoxy) is 1. The zero-order valence-corrected chi connectivity index (χ0v) is 19.9. The molecule has 0 unspecified atom stereocenters. The minimum atomic E-state index is -0.497. The lowest BCUT2D eigenvalue weighted by molar-refractivity contribution is -0.128. The number of aromatic nitrogens is 3. The molecule has 36 heavy (non-hydrogen) atoms. The van der Waals surface area contributed by atoms with E-state index in [1.165, 1.54) is 6.08 Å². The third-order valence-electron chi connectivity index (χ3n) is 6.12. The number of nitrogens with zero attached hydrogens (tertiary/aromatic N) is 2. The molecule has 3 aromatic carbocycles. The number of benzene rings is 3. The van der Waals surface area contributed by atoms with Gasteiger partial charge in [-0.25, -0.2) is 4.79 Å². The number of para-hydroxylation sites is 1. The van der Waals surface area contributed by atoms with Crippen molar-refractivity contribution in [3.63, 3.8) is 0 Å². The third-order valence-corrected chi connectivity index (χ3v) is 6.12. The summed E-state index contributed by atoms with van der Waals surface area (Å²) < 4.78 is 5.68. The second kappa shape index (κ2) is 10.2. The van der Waals surface area contributed by atoms with Gasteiger partial charge in [0.25, 0.3) is 0 Å². The van der Waals surface area contributed by atoms with Crippen molar-refractivity contribution in [1.29, 1.82) is 0 Å². The smallest absolute Gasteiger partial charge is 0.335 e. The molecule has 0 radical (unpaired) electrons. The summed E-state index contributed by atoms with van der Waals surface area (Å²) in [5, 5.41) is 8.21. The van der Waals surface area contributed by atoms with Crippen LogP contribution in [0.15, 0.2) is 110 Å². The normalized spacial score (nSPS) is 11.7. The van der Waals surface area contributed by atoms with E-state index in [1.807, 2.05) is 48.8 Å². The number of hydrogen-bond acceptors (Lipinski definition) is 4. The molecule has 0 saturated heterocycles. The Bertz CT molecular complexity index is 1580. The fraction of sp³-hybridized carbons (Fsp3) is 0.0645. The van der Waals surface area contributed by atoms with E-state index in [0.717, 1.165) is 56.3 Å². The molecule has 0 aliphatic carbocycles.